The minimum Gasteiger partial charge on any atom is -0.389 e. The van der Waals surface area contributed by atoms with Crippen molar-refractivity contribution in [2.45, 2.75) is 37.3 Å². The first kappa shape index (κ1) is 10.6. The molecule has 2 unspecified atom stereocenters. The smallest absolute Gasteiger partial charge is 0.0711 e. The van der Waals surface area contributed by atoms with Gasteiger partial charge < -0.3 is 10.8 Å². The number of hydrogen-bond acceptors (Lipinski definition) is 3. The van der Waals surface area contributed by atoms with Crippen LogP contribution in [-0.2, 0) is 6.42 Å². The van der Waals surface area contributed by atoms with Gasteiger partial charge in [0.05, 0.1) is 9.39 Å². The van der Waals surface area contributed by atoms with E-state index in [2.05, 4.69) is 22.0 Å². The lowest BCUT2D eigenvalue weighted by molar-refractivity contribution is 0.0477. The van der Waals surface area contributed by atoms with Crippen molar-refractivity contribution in [2.75, 3.05) is 0 Å². The first-order chi connectivity index (χ1) is 6.57. The van der Waals surface area contributed by atoms with Crippen LogP contribution in [0.3, 0.4) is 0 Å². The van der Waals surface area contributed by atoms with Crippen molar-refractivity contribution in [3.8, 4) is 0 Å². The highest BCUT2D eigenvalue weighted by molar-refractivity contribution is 9.11. The SMILES string of the molecule is NC1CCC(O)(Cc2ccc(Br)s2)C1. The first-order valence-corrected chi connectivity index (χ1v) is 6.41. The average molecular weight is 276 g/mol. The van der Waals surface area contributed by atoms with Gasteiger partial charge in [-0.3, -0.25) is 0 Å². The molecule has 2 nitrogen and oxygen atoms in total. The fraction of sp³-hybridized carbons (Fsp3) is 0.600. The van der Waals surface area contributed by atoms with Crippen LogP contribution in [0.2, 0.25) is 0 Å². The Balaban J connectivity index is 2.03. The molecule has 0 aromatic carbocycles. The molecular formula is C10H14BrNOS. The summed E-state index contributed by atoms with van der Waals surface area (Å²) in [7, 11) is 0. The maximum absolute atomic E-state index is 10.2. The summed E-state index contributed by atoms with van der Waals surface area (Å²) in [5.74, 6) is 0. The molecule has 1 heterocycles. The third-order valence-electron chi connectivity index (χ3n) is 2.75. The molecular weight excluding hydrogens is 262 g/mol. The largest absolute Gasteiger partial charge is 0.389 e. The molecule has 14 heavy (non-hydrogen) atoms. The van der Waals surface area contributed by atoms with Crippen LogP contribution in [0.1, 0.15) is 24.1 Å². The summed E-state index contributed by atoms with van der Waals surface area (Å²) in [6, 6.07) is 4.28. The van der Waals surface area contributed by atoms with Crippen molar-refractivity contribution >= 4 is 27.3 Å². The predicted molar refractivity (Wildman–Crippen MR) is 62.5 cm³/mol. The summed E-state index contributed by atoms with van der Waals surface area (Å²) in [6.07, 6.45) is 3.27. The first-order valence-electron chi connectivity index (χ1n) is 4.80. The van der Waals surface area contributed by atoms with Crippen LogP contribution in [0.5, 0.6) is 0 Å². The van der Waals surface area contributed by atoms with Crippen molar-refractivity contribution in [1.82, 2.24) is 0 Å². The topological polar surface area (TPSA) is 46.2 Å². The molecule has 0 amide bonds. The van der Waals surface area contributed by atoms with E-state index < -0.39 is 5.60 Å². The van der Waals surface area contributed by atoms with Gasteiger partial charge in [0.25, 0.3) is 0 Å². The maximum atomic E-state index is 10.2. The second-order valence-corrected chi connectivity index (χ2v) is 6.66. The lowest BCUT2D eigenvalue weighted by atomic mass is 9.97. The highest BCUT2D eigenvalue weighted by atomic mass is 79.9. The van der Waals surface area contributed by atoms with E-state index >= 15 is 0 Å². The Labute approximate surface area is 96.3 Å². The van der Waals surface area contributed by atoms with Gasteiger partial charge in [-0.15, -0.1) is 11.3 Å². The number of aliphatic hydroxyl groups is 1. The van der Waals surface area contributed by atoms with E-state index in [-0.39, 0.29) is 6.04 Å². The van der Waals surface area contributed by atoms with E-state index in [1.165, 1.54) is 4.88 Å². The summed E-state index contributed by atoms with van der Waals surface area (Å²) >= 11 is 5.11. The van der Waals surface area contributed by atoms with Crippen molar-refractivity contribution in [3.63, 3.8) is 0 Å². The predicted octanol–water partition coefficient (Wildman–Crippen LogP) is 2.30. The van der Waals surface area contributed by atoms with Crippen LogP contribution in [0.4, 0.5) is 0 Å². The van der Waals surface area contributed by atoms with E-state index in [0.717, 1.165) is 29.5 Å². The zero-order valence-electron chi connectivity index (χ0n) is 7.87. The molecule has 0 bridgehead atoms. The zero-order chi connectivity index (χ0) is 10.2. The molecule has 4 heteroatoms. The maximum Gasteiger partial charge on any atom is 0.0711 e. The third kappa shape index (κ3) is 2.37. The van der Waals surface area contributed by atoms with Crippen molar-refractivity contribution in [1.29, 1.82) is 0 Å². The zero-order valence-corrected chi connectivity index (χ0v) is 10.3. The molecule has 0 radical (unpaired) electrons. The fourth-order valence-corrected chi connectivity index (χ4v) is 3.70. The van der Waals surface area contributed by atoms with Crippen LogP contribution >= 0.6 is 27.3 Å². The second-order valence-electron chi connectivity index (χ2n) is 4.11. The Hall–Kier alpha value is 0.1000. The molecule has 0 spiro atoms. The molecule has 2 rings (SSSR count). The highest BCUT2D eigenvalue weighted by Crippen LogP contribution is 2.34. The van der Waals surface area contributed by atoms with Gasteiger partial charge in [-0.2, -0.15) is 0 Å². The number of rotatable bonds is 2. The normalized spacial score (nSPS) is 32.4. The quantitative estimate of drug-likeness (QED) is 0.870. The van der Waals surface area contributed by atoms with E-state index in [1.54, 1.807) is 11.3 Å². The molecule has 1 aliphatic carbocycles. The fourth-order valence-electron chi connectivity index (χ4n) is 2.08. The molecule has 0 saturated heterocycles. The van der Waals surface area contributed by atoms with Gasteiger partial charge in [-0.05, 0) is 47.3 Å². The van der Waals surface area contributed by atoms with Gasteiger partial charge in [-0.25, -0.2) is 0 Å². The number of hydrogen-bond donors (Lipinski definition) is 2. The number of thiophene rings is 1. The number of nitrogens with two attached hydrogens (primary N) is 1. The van der Waals surface area contributed by atoms with Gasteiger partial charge in [0.15, 0.2) is 0 Å². The van der Waals surface area contributed by atoms with Gasteiger partial charge in [0.2, 0.25) is 0 Å². The second kappa shape index (κ2) is 3.93. The lowest BCUT2D eigenvalue weighted by Gasteiger charge is -2.21. The molecule has 1 aromatic heterocycles. The molecule has 78 valence electrons. The summed E-state index contributed by atoms with van der Waals surface area (Å²) in [5, 5.41) is 10.2. The van der Waals surface area contributed by atoms with Crippen LogP contribution in [0.25, 0.3) is 0 Å². The monoisotopic (exact) mass is 275 g/mol. The minimum absolute atomic E-state index is 0.184. The molecule has 1 aliphatic rings. The minimum atomic E-state index is -0.552. The van der Waals surface area contributed by atoms with E-state index in [0.29, 0.717) is 0 Å². The van der Waals surface area contributed by atoms with E-state index in [4.69, 9.17) is 5.73 Å². The van der Waals surface area contributed by atoms with Gasteiger partial charge >= 0.3 is 0 Å². The van der Waals surface area contributed by atoms with E-state index in [9.17, 15) is 5.11 Å². The summed E-state index contributed by atoms with van der Waals surface area (Å²) in [6.45, 7) is 0. The molecule has 0 aliphatic heterocycles. The Morgan fingerprint density at radius 2 is 2.43 bits per heavy atom. The molecule has 3 N–H and O–H groups in total. The highest BCUT2D eigenvalue weighted by Gasteiger charge is 2.35. The summed E-state index contributed by atoms with van der Waals surface area (Å²) in [5.41, 5.74) is 5.25. The van der Waals surface area contributed by atoms with Crippen molar-refractivity contribution < 1.29 is 5.11 Å². The Bertz CT molecular complexity index is 328. The van der Waals surface area contributed by atoms with Crippen LogP contribution in [0.15, 0.2) is 15.9 Å². The summed E-state index contributed by atoms with van der Waals surface area (Å²) in [4.78, 5) is 1.23. The van der Waals surface area contributed by atoms with Gasteiger partial charge in [0.1, 0.15) is 0 Å². The van der Waals surface area contributed by atoms with E-state index in [1.807, 2.05) is 6.07 Å². The standard InChI is InChI=1S/C10H14BrNOS/c11-9-2-1-8(14-9)6-10(13)4-3-7(12)5-10/h1-2,7,13H,3-6,12H2. The average Bonchev–Trinajstić information content (AvgIpc) is 2.60. The van der Waals surface area contributed by atoms with Gasteiger partial charge in [0, 0.05) is 17.3 Å². The third-order valence-corrected chi connectivity index (χ3v) is 4.38. The Morgan fingerprint density at radius 1 is 1.64 bits per heavy atom. The molecule has 1 fully saturated rings. The molecule has 2 atom stereocenters. The Kier molecular flexibility index (Phi) is 2.98. The lowest BCUT2D eigenvalue weighted by Crippen LogP contribution is -2.29. The molecule has 1 aromatic rings. The summed E-state index contributed by atoms with van der Waals surface area (Å²) < 4.78 is 1.12. The molecule has 1 saturated carbocycles. The van der Waals surface area contributed by atoms with Crippen LogP contribution in [-0.4, -0.2) is 16.7 Å². The van der Waals surface area contributed by atoms with Crippen LogP contribution < -0.4 is 5.73 Å². The van der Waals surface area contributed by atoms with Crippen LogP contribution in [0, 0.1) is 0 Å². The van der Waals surface area contributed by atoms with Gasteiger partial charge in [-0.1, -0.05) is 0 Å². The van der Waals surface area contributed by atoms with Crippen molar-refractivity contribution in [3.05, 3.63) is 20.8 Å². The Morgan fingerprint density at radius 3 is 2.93 bits per heavy atom. The van der Waals surface area contributed by atoms with Crippen molar-refractivity contribution in [2.24, 2.45) is 5.73 Å². The number of halogens is 1.